The number of carbonyl (C=O) groups is 4. The molecule has 0 radical (unpaired) electrons. The summed E-state index contributed by atoms with van der Waals surface area (Å²) < 4.78 is 68.2. The second kappa shape index (κ2) is 61.4. The van der Waals surface area contributed by atoms with Crippen molar-refractivity contribution in [3.8, 4) is 0 Å². The molecule has 3 unspecified atom stereocenters. The van der Waals surface area contributed by atoms with Gasteiger partial charge in [-0.15, -0.1) is 0 Å². The van der Waals surface area contributed by atoms with Gasteiger partial charge in [0.15, 0.2) is 12.2 Å². The Balaban J connectivity index is 5.29. The van der Waals surface area contributed by atoms with Crippen molar-refractivity contribution >= 4 is 39.5 Å². The lowest BCUT2D eigenvalue weighted by atomic mass is 9.99. The highest BCUT2D eigenvalue weighted by Crippen LogP contribution is 2.45. The van der Waals surface area contributed by atoms with Crippen LogP contribution in [-0.2, 0) is 65.4 Å². The summed E-state index contributed by atoms with van der Waals surface area (Å²) in [6.45, 7) is 11.7. The molecular formula is C71H134O17P2. The maximum Gasteiger partial charge on any atom is 0.472 e. The standard InChI is InChI=1S/C71H134O17P2/c1-8-10-11-12-13-14-15-16-17-18-21-24-30-38-45-52-68(73)81-58-66(87-70(75)54-47-40-31-25-22-19-20-23-28-35-42-49-62(3)4)60-85-89(77,78)83-56-65(72)57-84-90(79,80)86-61-67(59-82-69(74)53-46-39-34-33-36-43-50-63(5)6)88-71(76)55-48-41-32-27-26-29-37-44-51-64(7)9-2/h14-17,62-67,72H,8-13,18-61H2,1-7H3,(H,77,78)(H,79,80)/b15-14-,17-16-/t64?,65-,66-,67-/m1/s1. The summed E-state index contributed by atoms with van der Waals surface area (Å²) >= 11 is 0. The Labute approximate surface area is 548 Å². The minimum absolute atomic E-state index is 0.0989. The van der Waals surface area contributed by atoms with Gasteiger partial charge < -0.3 is 33.8 Å². The summed E-state index contributed by atoms with van der Waals surface area (Å²) in [5.74, 6) is 0.0495. The van der Waals surface area contributed by atoms with Crippen LogP contribution in [0.5, 0.6) is 0 Å². The number of phosphoric acid groups is 2. The summed E-state index contributed by atoms with van der Waals surface area (Å²) in [5, 5.41) is 10.6. The maximum atomic E-state index is 13.0. The predicted molar refractivity (Wildman–Crippen MR) is 363 cm³/mol. The molecule has 0 aliphatic carbocycles. The molecule has 0 saturated heterocycles. The van der Waals surface area contributed by atoms with Crippen LogP contribution in [0.2, 0.25) is 0 Å². The number of hydrogen-bond acceptors (Lipinski definition) is 15. The normalized spacial score (nSPS) is 14.7. The van der Waals surface area contributed by atoms with Crippen molar-refractivity contribution in [1.29, 1.82) is 0 Å². The Hall–Kier alpha value is -2.46. The van der Waals surface area contributed by atoms with E-state index in [0.29, 0.717) is 31.6 Å². The third kappa shape index (κ3) is 63.0. The van der Waals surface area contributed by atoms with E-state index in [4.69, 9.17) is 37.0 Å². The number of rotatable bonds is 67. The second-order valence-electron chi connectivity index (χ2n) is 26.1. The van der Waals surface area contributed by atoms with Gasteiger partial charge in [0.25, 0.3) is 0 Å². The van der Waals surface area contributed by atoms with Crippen LogP contribution in [0.1, 0.15) is 331 Å². The second-order valence-corrected chi connectivity index (χ2v) is 29.0. The van der Waals surface area contributed by atoms with Crippen molar-refractivity contribution in [2.75, 3.05) is 39.6 Å². The summed E-state index contributed by atoms with van der Waals surface area (Å²) in [7, 11) is -9.91. The molecule has 0 aromatic heterocycles. The number of unbranched alkanes of at least 4 members (excludes halogenated alkanes) is 31. The minimum Gasteiger partial charge on any atom is -0.462 e. The van der Waals surface area contributed by atoms with E-state index in [-0.39, 0.29) is 25.7 Å². The zero-order chi connectivity index (χ0) is 66.6. The molecule has 19 heteroatoms. The molecule has 0 aromatic carbocycles. The number of aliphatic hydroxyl groups excluding tert-OH is 1. The van der Waals surface area contributed by atoms with E-state index >= 15 is 0 Å². The molecule has 0 rings (SSSR count). The quantitative estimate of drug-likeness (QED) is 0.0169. The average molecular weight is 1320 g/mol. The van der Waals surface area contributed by atoms with Crippen LogP contribution in [0.3, 0.4) is 0 Å². The minimum atomic E-state index is -4.96. The SMILES string of the molecule is CCCCCC/C=C\C=C/CCCCCCCC(=O)OC[C@H](COP(=O)(O)OC[C@@H](O)COP(=O)(O)OC[C@@H](COC(=O)CCCCCCCCC(C)C)OC(=O)CCCCCCCCCCC(C)CC)OC(=O)CCCCCCCCCCCCCC(C)C. The first kappa shape index (κ1) is 87.5. The lowest BCUT2D eigenvalue weighted by Crippen LogP contribution is -2.30. The number of carbonyl (C=O) groups excluding carboxylic acids is 4. The van der Waals surface area contributed by atoms with Crippen molar-refractivity contribution in [3.05, 3.63) is 24.3 Å². The first-order valence-corrected chi connectivity index (χ1v) is 39.2. The first-order valence-electron chi connectivity index (χ1n) is 36.2. The molecule has 0 bridgehead atoms. The van der Waals surface area contributed by atoms with Crippen LogP contribution in [0.15, 0.2) is 24.3 Å². The highest BCUT2D eigenvalue weighted by atomic mass is 31.2. The van der Waals surface area contributed by atoms with Gasteiger partial charge in [0.05, 0.1) is 26.4 Å². The van der Waals surface area contributed by atoms with E-state index in [0.717, 1.165) is 127 Å². The molecule has 17 nitrogen and oxygen atoms in total. The van der Waals surface area contributed by atoms with E-state index in [9.17, 15) is 43.2 Å². The Morgan fingerprint density at radius 3 is 0.989 bits per heavy atom. The maximum absolute atomic E-state index is 13.0. The van der Waals surface area contributed by atoms with Crippen LogP contribution in [0.4, 0.5) is 0 Å². The van der Waals surface area contributed by atoms with Crippen LogP contribution >= 0.6 is 15.6 Å². The summed E-state index contributed by atoms with van der Waals surface area (Å²) in [4.78, 5) is 72.5. The zero-order valence-corrected chi connectivity index (χ0v) is 59.9. The number of allylic oxidation sites excluding steroid dienone is 4. The molecule has 0 aliphatic heterocycles. The lowest BCUT2D eigenvalue weighted by Gasteiger charge is -2.21. The van der Waals surface area contributed by atoms with Crippen molar-refractivity contribution < 1.29 is 80.2 Å². The summed E-state index contributed by atoms with van der Waals surface area (Å²) in [6.07, 6.45) is 48.1. The fourth-order valence-corrected chi connectivity index (χ4v) is 11.7. The predicted octanol–water partition coefficient (Wildman–Crippen LogP) is 19.8. The van der Waals surface area contributed by atoms with Gasteiger partial charge >= 0.3 is 39.5 Å². The Bertz CT molecular complexity index is 1860. The summed E-state index contributed by atoms with van der Waals surface area (Å²) in [6, 6.07) is 0. The lowest BCUT2D eigenvalue weighted by molar-refractivity contribution is -0.161. The number of phosphoric ester groups is 2. The largest absolute Gasteiger partial charge is 0.472 e. The van der Waals surface area contributed by atoms with Gasteiger partial charge in [-0.25, -0.2) is 9.13 Å². The molecule has 0 aliphatic rings. The van der Waals surface area contributed by atoms with E-state index in [2.05, 4.69) is 72.8 Å². The topological polar surface area (TPSA) is 237 Å². The molecule has 6 atom stereocenters. The Morgan fingerprint density at radius 1 is 0.367 bits per heavy atom. The van der Waals surface area contributed by atoms with Crippen LogP contribution in [-0.4, -0.2) is 96.7 Å². The van der Waals surface area contributed by atoms with Gasteiger partial charge in [-0.3, -0.25) is 37.3 Å². The van der Waals surface area contributed by atoms with Gasteiger partial charge in [-0.2, -0.15) is 0 Å². The smallest absolute Gasteiger partial charge is 0.462 e. The summed E-state index contributed by atoms with van der Waals surface area (Å²) in [5.41, 5.74) is 0. The molecule has 0 aromatic rings. The number of aliphatic hydroxyl groups is 1. The van der Waals surface area contributed by atoms with Gasteiger partial charge in [0.1, 0.15) is 19.3 Å². The van der Waals surface area contributed by atoms with Gasteiger partial charge in [0, 0.05) is 25.7 Å². The van der Waals surface area contributed by atoms with Gasteiger partial charge in [-0.1, -0.05) is 278 Å². The van der Waals surface area contributed by atoms with Gasteiger partial charge in [-0.05, 0) is 69.1 Å². The van der Waals surface area contributed by atoms with E-state index < -0.39 is 97.5 Å². The van der Waals surface area contributed by atoms with Crippen LogP contribution in [0, 0.1) is 17.8 Å². The van der Waals surface area contributed by atoms with Crippen molar-refractivity contribution in [1.82, 2.24) is 0 Å². The van der Waals surface area contributed by atoms with E-state index in [1.54, 1.807) is 0 Å². The molecule has 0 spiro atoms. The molecule has 3 N–H and O–H groups in total. The fraction of sp³-hybridized carbons (Fsp3) is 0.887. The highest BCUT2D eigenvalue weighted by molar-refractivity contribution is 7.47. The van der Waals surface area contributed by atoms with Crippen molar-refractivity contribution in [2.24, 2.45) is 17.8 Å². The van der Waals surface area contributed by atoms with Crippen LogP contribution < -0.4 is 0 Å². The number of ether oxygens (including phenoxy) is 4. The Morgan fingerprint density at radius 2 is 0.656 bits per heavy atom. The molecule has 0 fully saturated rings. The molecule has 530 valence electrons. The molecule has 0 saturated carbocycles. The molecular weight excluding hydrogens is 1190 g/mol. The Kier molecular flexibility index (Phi) is 59.7. The average Bonchev–Trinajstić information content (AvgIpc) is 3.30. The number of esters is 4. The number of hydrogen-bond donors (Lipinski definition) is 3. The van der Waals surface area contributed by atoms with Crippen molar-refractivity contribution in [3.63, 3.8) is 0 Å². The third-order valence-electron chi connectivity index (χ3n) is 16.1. The molecule has 90 heavy (non-hydrogen) atoms. The molecule has 0 amide bonds. The van der Waals surface area contributed by atoms with Crippen molar-refractivity contribution in [2.45, 2.75) is 349 Å². The third-order valence-corrected chi connectivity index (χ3v) is 18.0. The van der Waals surface area contributed by atoms with E-state index in [1.165, 1.54) is 116 Å². The van der Waals surface area contributed by atoms with E-state index in [1.807, 2.05) is 0 Å². The van der Waals surface area contributed by atoms with Crippen LogP contribution in [0.25, 0.3) is 0 Å². The zero-order valence-electron chi connectivity index (χ0n) is 58.1. The monoisotopic (exact) mass is 1320 g/mol. The highest BCUT2D eigenvalue weighted by Gasteiger charge is 2.30. The molecule has 0 heterocycles. The van der Waals surface area contributed by atoms with Gasteiger partial charge in [0.2, 0.25) is 0 Å². The first-order chi connectivity index (χ1) is 43.3. The fourth-order valence-electron chi connectivity index (χ4n) is 10.1.